The molecule has 1 unspecified atom stereocenters. The van der Waals surface area contributed by atoms with Gasteiger partial charge in [0.25, 0.3) is 0 Å². The molecular formula is C26H32N4O3S. The highest BCUT2D eigenvalue weighted by atomic mass is 32.2. The van der Waals surface area contributed by atoms with Gasteiger partial charge >= 0.3 is 0 Å². The van der Waals surface area contributed by atoms with Gasteiger partial charge in [-0.2, -0.15) is 0 Å². The maximum absolute atomic E-state index is 12.8. The number of nitrogens with one attached hydrogen (secondary N) is 1. The topological polar surface area (TPSA) is 86.1 Å². The van der Waals surface area contributed by atoms with Crippen molar-refractivity contribution in [3.63, 3.8) is 0 Å². The lowest BCUT2D eigenvalue weighted by Gasteiger charge is -2.15. The highest BCUT2D eigenvalue weighted by molar-refractivity contribution is 8.00. The number of ketones is 1. The minimum absolute atomic E-state index is 0.0101. The first-order chi connectivity index (χ1) is 16.3. The second kappa shape index (κ2) is 11.8. The summed E-state index contributed by atoms with van der Waals surface area (Å²) in [5.41, 5.74) is 2.52. The molecule has 180 valence electrons. The van der Waals surface area contributed by atoms with Gasteiger partial charge in [0.05, 0.1) is 5.25 Å². The molecule has 7 nitrogen and oxygen atoms in total. The Kier molecular flexibility index (Phi) is 8.87. The number of benzene rings is 2. The lowest BCUT2D eigenvalue weighted by atomic mass is 10.1. The number of hydrogen-bond acceptors (Lipinski definition) is 6. The van der Waals surface area contributed by atoms with Gasteiger partial charge in [-0.05, 0) is 68.1 Å². The number of hydrogen-bond donors (Lipinski definition) is 1. The van der Waals surface area contributed by atoms with Crippen LogP contribution in [-0.2, 0) is 24.4 Å². The van der Waals surface area contributed by atoms with Crippen LogP contribution >= 0.6 is 11.8 Å². The number of nitrogens with zero attached hydrogens (tertiary/aromatic N) is 3. The molecule has 0 aliphatic heterocycles. The zero-order valence-corrected chi connectivity index (χ0v) is 21.2. The zero-order chi connectivity index (χ0) is 24.7. The first-order valence-electron chi connectivity index (χ1n) is 11.5. The summed E-state index contributed by atoms with van der Waals surface area (Å²) < 4.78 is 7.98. The zero-order valence-electron chi connectivity index (χ0n) is 20.4. The lowest BCUT2D eigenvalue weighted by molar-refractivity contribution is -0.115. The average Bonchev–Trinajstić information content (AvgIpc) is 3.18. The van der Waals surface area contributed by atoms with Crippen molar-refractivity contribution < 1.29 is 14.3 Å². The molecule has 1 heterocycles. The van der Waals surface area contributed by atoms with Crippen molar-refractivity contribution >= 4 is 29.1 Å². The summed E-state index contributed by atoms with van der Waals surface area (Å²) in [6, 6.07) is 14.9. The van der Waals surface area contributed by atoms with E-state index in [1.165, 1.54) is 24.2 Å². The van der Waals surface area contributed by atoms with E-state index in [1.54, 1.807) is 24.3 Å². The number of ether oxygens (including phenoxy) is 1. The van der Waals surface area contributed by atoms with Crippen molar-refractivity contribution in [3.05, 3.63) is 65.5 Å². The number of rotatable bonds is 11. The minimum atomic E-state index is -0.391. The molecule has 8 heteroatoms. The number of carbonyl (C=O) groups excluding carboxylic acids is 2. The second-order valence-corrected chi connectivity index (χ2v) is 9.88. The molecular weight excluding hydrogens is 448 g/mol. The molecule has 1 aromatic heterocycles. The van der Waals surface area contributed by atoms with E-state index in [9.17, 15) is 9.59 Å². The predicted octanol–water partition coefficient (Wildman–Crippen LogP) is 5.40. The third kappa shape index (κ3) is 6.93. The summed E-state index contributed by atoms with van der Waals surface area (Å²) in [4.78, 5) is 24.2. The van der Waals surface area contributed by atoms with Gasteiger partial charge in [0, 0.05) is 17.8 Å². The van der Waals surface area contributed by atoms with E-state index < -0.39 is 5.25 Å². The van der Waals surface area contributed by atoms with Crippen LogP contribution in [0.3, 0.4) is 0 Å². The van der Waals surface area contributed by atoms with Gasteiger partial charge in [0.15, 0.2) is 16.8 Å². The maximum atomic E-state index is 12.8. The van der Waals surface area contributed by atoms with E-state index >= 15 is 0 Å². The summed E-state index contributed by atoms with van der Waals surface area (Å²) in [5, 5.41) is 11.9. The molecule has 0 bridgehead atoms. The van der Waals surface area contributed by atoms with Crippen LogP contribution in [0.5, 0.6) is 5.75 Å². The number of Topliss-reactive ketones (excluding diaryl/α,β-unsaturated/α-hetero) is 1. The van der Waals surface area contributed by atoms with Crippen molar-refractivity contribution in [1.82, 2.24) is 14.8 Å². The second-order valence-electron chi connectivity index (χ2n) is 8.57. The number of carbonyl (C=O) groups is 2. The maximum Gasteiger partial charge on any atom is 0.237 e. The number of aromatic nitrogens is 3. The van der Waals surface area contributed by atoms with E-state index in [2.05, 4.69) is 48.4 Å². The third-order valence-electron chi connectivity index (χ3n) is 5.25. The van der Waals surface area contributed by atoms with Crippen LogP contribution in [-0.4, -0.2) is 31.7 Å². The van der Waals surface area contributed by atoms with Crippen LogP contribution in [0.2, 0.25) is 0 Å². The van der Waals surface area contributed by atoms with Crippen molar-refractivity contribution in [2.45, 2.75) is 64.6 Å². The Morgan fingerprint density at radius 1 is 1.03 bits per heavy atom. The van der Waals surface area contributed by atoms with Gasteiger partial charge < -0.3 is 14.6 Å². The number of aryl methyl sites for hydroxylation is 1. The molecule has 1 amide bonds. The van der Waals surface area contributed by atoms with Crippen molar-refractivity contribution in [3.8, 4) is 5.75 Å². The van der Waals surface area contributed by atoms with Gasteiger partial charge in [-0.15, -0.1) is 10.2 Å². The Morgan fingerprint density at radius 3 is 2.29 bits per heavy atom. The van der Waals surface area contributed by atoms with Crippen LogP contribution in [0.15, 0.2) is 53.7 Å². The standard InChI is InChI=1S/C26H32N4O3S/c1-6-20-7-13-23(14-8-20)33-16-24-28-29-26(30(24)15-17(2)3)34-19(5)25(32)27-22-11-9-21(10-12-22)18(4)31/h7-14,17,19H,6,15-16H2,1-5H3,(H,27,32). The molecule has 0 saturated heterocycles. The molecule has 0 aliphatic rings. The average molecular weight is 481 g/mol. The highest BCUT2D eigenvalue weighted by Crippen LogP contribution is 2.25. The Morgan fingerprint density at radius 2 is 1.71 bits per heavy atom. The largest absolute Gasteiger partial charge is 0.486 e. The van der Waals surface area contributed by atoms with Crippen LogP contribution in [0.4, 0.5) is 5.69 Å². The molecule has 3 aromatic rings. The molecule has 2 aromatic carbocycles. The van der Waals surface area contributed by atoms with Gasteiger partial charge in [-0.3, -0.25) is 9.59 Å². The van der Waals surface area contributed by atoms with Gasteiger partial charge in [-0.25, -0.2) is 0 Å². The highest BCUT2D eigenvalue weighted by Gasteiger charge is 2.21. The minimum Gasteiger partial charge on any atom is -0.486 e. The summed E-state index contributed by atoms with van der Waals surface area (Å²) in [6.07, 6.45) is 0.985. The molecule has 1 N–H and O–H groups in total. The Balaban J connectivity index is 1.66. The third-order valence-corrected chi connectivity index (χ3v) is 6.33. The first-order valence-corrected chi connectivity index (χ1v) is 12.4. The Bertz CT molecular complexity index is 1110. The van der Waals surface area contributed by atoms with Crippen molar-refractivity contribution in [1.29, 1.82) is 0 Å². The SMILES string of the molecule is CCc1ccc(OCc2nnc(SC(C)C(=O)Nc3ccc(C(C)=O)cc3)n2CC(C)C)cc1. The van der Waals surface area contributed by atoms with E-state index in [1.807, 2.05) is 23.6 Å². The number of anilines is 1. The first kappa shape index (κ1) is 25.5. The summed E-state index contributed by atoms with van der Waals surface area (Å²) in [6.45, 7) is 10.8. The Labute approximate surface area is 205 Å². The normalized spacial score (nSPS) is 11.9. The fraction of sp³-hybridized carbons (Fsp3) is 0.385. The van der Waals surface area contributed by atoms with E-state index in [-0.39, 0.29) is 11.7 Å². The van der Waals surface area contributed by atoms with Crippen LogP contribution < -0.4 is 10.1 Å². The summed E-state index contributed by atoms with van der Waals surface area (Å²) in [5.74, 6) is 1.73. The molecule has 0 saturated carbocycles. The van der Waals surface area contributed by atoms with Gasteiger partial charge in [0.1, 0.15) is 12.4 Å². The Hall–Kier alpha value is -3.13. The van der Waals surface area contributed by atoms with Crippen molar-refractivity contribution in [2.75, 3.05) is 5.32 Å². The number of thioether (sulfide) groups is 1. The molecule has 1 atom stereocenters. The molecule has 0 fully saturated rings. The molecule has 0 spiro atoms. The van der Waals surface area contributed by atoms with Crippen LogP contribution in [0.25, 0.3) is 0 Å². The quantitative estimate of drug-likeness (QED) is 0.292. The fourth-order valence-electron chi connectivity index (χ4n) is 3.27. The van der Waals surface area contributed by atoms with E-state index in [4.69, 9.17) is 4.74 Å². The van der Waals surface area contributed by atoms with Gasteiger partial charge in [0.2, 0.25) is 5.91 Å². The number of amides is 1. The monoisotopic (exact) mass is 480 g/mol. The predicted molar refractivity (Wildman–Crippen MR) is 135 cm³/mol. The smallest absolute Gasteiger partial charge is 0.237 e. The van der Waals surface area contributed by atoms with Gasteiger partial charge in [-0.1, -0.05) is 44.7 Å². The molecule has 0 radical (unpaired) electrons. The van der Waals surface area contributed by atoms with Crippen molar-refractivity contribution in [2.24, 2.45) is 5.92 Å². The fourth-order valence-corrected chi connectivity index (χ4v) is 4.15. The van der Waals surface area contributed by atoms with Crippen LogP contribution in [0.1, 0.15) is 56.4 Å². The molecule has 3 rings (SSSR count). The summed E-state index contributed by atoms with van der Waals surface area (Å²) >= 11 is 1.36. The van der Waals surface area contributed by atoms with E-state index in [0.29, 0.717) is 28.9 Å². The van der Waals surface area contributed by atoms with E-state index in [0.717, 1.165) is 24.5 Å². The molecule has 34 heavy (non-hydrogen) atoms. The lowest BCUT2D eigenvalue weighted by Crippen LogP contribution is -2.23. The van der Waals surface area contributed by atoms with Crippen LogP contribution in [0, 0.1) is 5.92 Å². The molecule has 0 aliphatic carbocycles. The summed E-state index contributed by atoms with van der Waals surface area (Å²) in [7, 11) is 0.